The summed E-state index contributed by atoms with van der Waals surface area (Å²) in [6.07, 6.45) is 7.66. The third-order valence-corrected chi connectivity index (χ3v) is 3.54. The van der Waals surface area contributed by atoms with Gasteiger partial charge >= 0.3 is 0 Å². The highest BCUT2D eigenvalue weighted by atomic mass is 16.3. The first kappa shape index (κ1) is 17.9. The number of aliphatic hydroxyl groups excluding tert-OH is 1. The van der Waals surface area contributed by atoms with Gasteiger partial charge in [0.25, 0.3) is 0 Å². The van der Waals surface area contributed by atoms with E-state index in [1.54, 1.807) is 0 Å². The molecule has 0 aliphatic rings. The van der Waals surface area contributed by atoms with Gasteiger partial charge in [-0.2, -0.15) is 0 Å². The van der Waals surface area contributed by atoms with Crippen LogP contribution in [0.2, 0.25) is 0 Å². The van der Waals surface area contributed by atoms with Crippen LogP contribution in [0.3, 0.4) is 0 Å². The molecule has 0 unspecified atom stereocenters. The molecular weight excluding hydrogens is 240 g/mol. The van der Waals surface area contributed by atoms with Crippen LogP contribution in [0.4, 0.5) is 0 Å². The number of hydrogen-bond acceptors (Lipinski definition) is 3. The Morgan fingerprint density at radius 1 is 1.42 bits per heavy atom. The summed E-state index contributed by atoms with van der Waals surface area (Å²) < 4.78 is 0. The van der Waals surface area contributed by atoms with E-state index in [1.165, 1.54) is 0 Å². The average Bonchev–Trinajstić information content (AvgIpc) is 2.40. The lowest BCUT2D eigenvalue weighted by atomic mass is 9.94. The van der Waals surface area contributed by atoms with Crippen molar-refractivity contribution in [3.63, 3.8) is 0 Å². The molecule has 0 aliphatic carbocycles. The van der Waals surface area contributed by atoms with Crippen LogP contribution in [-0.2, 0) is 4.79 Å². The molecule has 4 nitrogen and oxygen atoms in total. The molecule has 0 aromatic rings. The van der Waals surface area contributed by atoms with E-state index < -0.39 is 5.54 Å². The molecule has 0 aromatic heterocycles. The first-order chi connectivity index (χ1) is 8.94. The molecule has 0 bridgehead atoms. The van der Waals surface area contributed by atoms with E-state index in [9.17, 15) is 4.79 Å². The van der Waals surface area contributed by atoms with Crippen molar-refractivity contribution in [3.05, 3.63) is 0 Å². The SMILES string of the molecule is C#CC(CC)(CC)NC(=O)CN(CCCO)C(C)C. The third kappa shape index (κ3) is 6.09. The summed E-state index contributed by atoms with van der Waals surface area (Å²) in [7, 11) is 0. The van der Waals surface area contributed by atoms with Crippen LogP contribution < -0.4 is 5.32 Å². The Morgan fingerprint density at radius 3 is 2.37 bits per heavy atom. The molecular formula is C15H28N2O2. The quantitative estimate of drug-likeness (QED) is 0.621. The van der Waals surface area contributed by atoms with Gasteiger partial charge in [0.2, 0.25) is 5.91 Å². The number of amides is 1. The predicted octanol–water partition coefficient (Wildman–Crippen LogP) is 1.39. The molecule has 2 N–H and O–H groups in total. The molecule has 19 heavy (non-hydrogen) atoms. The summed E-state index contributed by atoms with van der Waals surface area (Å²) in [6.45, 7) is 9.22. The number of rotatable bonds is 9. The van der Waals surface area contributed by atoms with Crippen molar-refractivity contribution in [1.82, 2.24) is 10.2 Å². The minimum atomic E-state index is -0.531. The Balaban J connectivity index is 4.53. The maximum atomic E-state index is 12.1. The summed E-state index contributed by atoms with van der Waals surface area (Å²) in [6, 6.07) is 0.265. The van der Waals surface area contributed by atoms with Crippen molar-refractivity contribution < 1.29 is 9.90 Å². The standard InChI is InChI=1S/C15H28N2O2/c1-6-15(7-2,8-3)16-14(19)12-17(13(4)5)10-9-11-18/h1,13,18H,7-12H2,2-5H3,(H,16,19). The third-order valence-electron chi connectivity index (χ3n) is 3.54. The Labute approximate surface area is 117 Å². The number of carbonyl (C=O) groups excluding carboxylic acids is 1. The number of nitrogens with one attached hydrogen (secondary N) is 1. The predicted molar refractivity (Wildman–Crippen MR) is 78.7 cm³/mol. The zero-order chi connectivity index (χ0) is 14.9. The topological polar surface area (TPSA) is 52.6 Å². The molecule has 0 heterocycles. The van der Waals surface area contributed by atoms with Crippen LogP contribution >= 0.6 is 0 Å². The minimum Gasteiger partial charge on any atom is -0.396 e. The molecule has 0 saturated carbocycles. The van der Waals surface area contributed by atoms with Gasteiger partial charge in [-0.05, 0) is 33.1 Å². The molecule has 0 rings (SSSR count). The largest absolute Gasteiger partial charge is 0.396 e. The van der Waals surface area contributed by atoms with Crippen molar-refractivity contribution in [1.29, 1.82) is 0 Å². The summed E-state index contributed by atoms with van der Waals surface area (Å²) >= 11 is 0. The van der Waals surface area contributed by atoms with Gasteiger partial charge < -0.3 is 10.4 Å². The van der Waals surface area contributed by atoms with Crippen molar-refractivity contribution in [2.45, 2.75) is 58.5 Å². The molecule has 0 aliphatic heterocycles. The van der Waals surface area contributed by atoms with Crippen molar-refractivity contribution >= 4 is 5.91 Å². The fourth-order valence-corrected chi connectivity index (χ4v) is 1.95. The van der Waals surface area contributed by atoms with Crippen LogP contribution in [0.15, 0.2) is 0 Å². The fraction of sp³-hybridized carbons (Fsp3) is 0.800. The summed E-state index contributed by atoms with van der Waals surface area (Å²) in [5.74, 6) is 2.65. The van der Waals surface area contributed by atoms with Crippen LogP contribution in [-0.4, -0.2) is 47.2 Å². The molecule has 0 spiro atoms. The van der Waals surface area contributed by atoms with E-state index in [2.05, 4.69) is 11.2 Å². The zero-order valence-corrected chi connectivity index (χ0v) is 12.7. The van der Waals surface area contributed by atoms with E-state index in [4.69, 9.17) is 11.5 Å². The first-order valence-electron chi connectivity index (χ1n) is 7.08. The zero-order valence-electron chi connectivity index (χ0n) is 12.7. The van der Waals surface area contributed by atoms with Crippen LogP contribution in [0.1, 0.15) is 47.0 Å². The van der Waals surface area contributed by atoms with Gasteiger partial charge in [0.15, 0.2) is 0 Å². The Morgan fingerprint density at radius 2 is 2.00 bits per heavy atom. The summed E-state index contributed by atoms with van der Waals surface area (Å²) in [5, 5.41) is 11.8. The van der Waals surface area contributed by atoms with Gasteiger partial charge in [-0.3, -0.25) is 9.69 Å². The number of aliphatic hydroxyl groups is 1. The first-order valence-corrected chi connectivity index (χ1v) is 7.08. The van der Waals surface area contributed by atoms with E-state index in [1.807, 2.05) is 32.6 Å². The van der Waals surface area contributed by atoms with Gasteiger partial charge in [-0.25, -0.2) is 0 Å². The second-order valence-electron chi connectivity index (χ2n) is 5.12. The highest BCUT2D eigenvalue weighted by Crippen LogP contribution is 2.13. The van der Waals surface area contributed by atoms with Crippen molar-refractivity contribution in [2.75, 3.05) is 19.7 Å². The maximum absolute atomic E-state index is 12.1. The molecule has 110 valence electrons. The number of carbonyl (C=O) groups is 1. The molecule has 0 aromatic carbocycles. The Kier molecular flexibility index (Phi) is 8.46. The highest BCUT2D eigenvalue weighted by Gasteiger charge is 2.26. The van der Waals surface area contributed by atoms with E-state index in [0.29, 0.717) is 19.5 Å². The smallest absolute Gasteiger partial charge is 0.235 e. The molecule has 4 heteroatoms. The van der Waals surface area contributed by atoms with Crippen LogP contribution in [0, 0.1) is 12.3 Å². The van der Waals surface area contributed by atoms with Gasteiger partial charge in [0.05, 0.1) is 6.54 Å². The van der Waals surface area contributed by atoms with Crippen molar-refractivity contribution in [3.8, 4) is 12.3 Å². The molecule has 0 radical (unpaired) electrons. The number of hydrogen-bond donors (Lipinski definition) is 2. The lowest BCUT2D eigenvalue weighted by molar-refractivity contribution is -0.124. The minimum absolute atomic E-state index is 0.0479. The van der Waals surface area contributed by atoms with Gasteiger partial charge in [-0.1, -0.05) is 19.8 Å². The monoisotopic (exact) mass is 268 g/mol. The van der Waals surface area contributed by atoms with E-state index in [0.717, 1.165) is 12.8 Å². The lowest BCUT2D eigenvalue weighted by Crippen LogP contribution is -2.51. The fourth-order valence-electron chi connectivity index (χ4n) is 1.95. The van der Waals surface area contributed by atoms with E-state index >= 15 is 0 Å². The van der Waals surface area contributed by atoms with Crippen molar-refractivity contribution in [2.24, 2.45) is 0 Å². The lowest BCUT2D eigenvalue weighted by Gasteiger charge is -2.30. The highest BCUT2D eigenvalue weighted by molar-refractivity contribution is 5.79. The second kappa shape index (κ2) is 8.95. The Bertz CT molecular complexity index is 304. The average molecular weight is 268 g/mol. The molecule has 0 saturated heterocycles. The van der Waals surface area contributed by atoms with Crippen LogP contribution in [0.5, 0.6) is 0 Å². The van der Waals surface area contributed by atoms with Gasteiger partial charge in [-0.15, -0.1) is 6.42 Å². The second-order valence-corrected chi connectivity index (χ2v) is 5.12. The molecule has 1 amide bonds. The maximum Gasteiger partial charge on any atom is 0.235 e. The molecule has 0 fully saturated rings. The number of nitrogens with zero attached hydrogens (tertiary/aromatic N) is 1. The summed E-state index contributed by atoms with van der Waals surface area (Å²) in [4.78, 5) is 14.1. The Hall–Kier alpha value is -1.05. The van der Waals surface area contributed by atoms with E-state index in [-0.39, 0.29) is 18.6 Å². The normalized spacial score (nSPS) is 11.7. The van der Waals surface area contributed by atoms with Gasteiger partial charge in [0, 0.05) is 19.2 Å². The summed E-state index contributed by atoms with van der Waals surface area (Å²) in [5.41, 5.74) is -0.531. The molecule has 0 atom stereocenters. The van der Waals surface area contributed by atoms with Crippen LogP contribution in [0.25, 0.3) is 0 Å². The number of terminal acetylenes is 1. The van der Waals surface area contributed by atoms with Gasteiger partial charge in [0.1, 0.15) is 5.54 Å².